The van der Waals surface area contributed by atoms with Crippen molar-refractivity contribution >= 4 is 23.8 Å². The Balaban J connectivity index is 1.63. The van der Waals surface area contributed by atoms with Gasteiger partial charge in [0.1, 0.15) is 0 Å². The van der Waals surface area contributed by atoms with E-state index in [4.69, 9.17) is 12.2 Å². The minimum absolute atomic E-state index is 0.0409. The van der Waals surface area contributed by atoms with E-state index in [2.05, 4.69) is 11.1 Å². The third kappa shape index (κ3) is 2.39. The molecule has 1 aliphatic rings. The van der Waals surface area contributed by atoms with Crippen LogP contribution in [0.2, 0.25) is 0 Å². The maximum absolute atomic E-state index is 12.8. The van der Waals surface area contributed by atoms with Gasteiger partial charge in [-0.25, -0.2) is 0 Å². The van der Waals surface area contributed by atoms with E-state index in [9.17, 15) is 4.79 Å². The molecule has 0 saturated carbocycles. The number of rotatable bonds is 2. The lowest BCUT2D eigenvalue weighted by Crippen LogP contribution is -2.28. The summed E-state index contributed by atoms with van der Waals surface area (Å²) in [6.07, 6.45) is 4.58. The Morgan fingerprint density at radius 2 is 1.87 bits per heavy atom. The Morgan fingerprint density at radius 1 is 1.09 bits per heavy atom. The molecule has 0 atom stereocenters. The molecule has 0 bridgehead atoms. The van der Waals surface area contributed by atoms with Crippen LogP contribution in [0.25, 0.3) is 5.69 Å². The van der Waals surface area contributed by atoms with Gasteiger partial charge in [-0.1, -0.05) is 18.2 Å². The second-order valence-electron chi connectivity index (χ2n) is 5.52. The number of fused-ring (bicyclic) bond motifs is 1. The van der Waals surface area contributed by atoms with Gasteiger partial charge in [0.15, 0.2) is 4.77 Å². The molecule has 1 aromatic heterocycles. The van der Waals surface area contributed by atoms with E-state index in [0.29, 0.717) is 10.3 Å². The first kappa shape index (κ1) is 14.0. The molecule has 4 rings (SSSR count). The summed E-state index contributed by atoms with van der Waals surface area (Å²) in [6.45, 7) is 0.739. The van der Waals surface area contributed by atoms with Gasteiger partial charge in [0.05, 0.1) is 0 Å². The van der Waals surface area contributed by atoms with Crippen molar-refractivity contribution in [2.45, 2.75) is 6.42 Å². The van der Waals surface area contributed by atoms with E-state index in [1.165, 1.54) is 5.56 Å². The molecule has 1 aliphatic heterocycles. The summed E-state index contributed by atoms with van der Waals surface area (Å²) in [5.41, 5.74) is 3.88. The fraction of sp³-hybridized carbons (Fsp3) is 0.111. The molecule has 0 fully saturated rings. The van der Waals surface area contributed by atoms with Gasteiger partial charge in [0.25, 0.3) is 5.91 Å². The van der Waals surface area contributed by atoms with Crippen molar-refractivity contribution in [3.63, 3.8) is 0 Å². The van der Waals surface area contributed by atoms with E-state index in [1.807, 2.05) is 58.1 Å². The number of para-hydroxylation sites is 1. The number of imidazole rings is 1. The van der Waals surface area contributed by atoms with E-state index in [-0.39, 0.29) is 5.91 Å². The van der Waals surface area contributed by atoms with E-state index in [0.717, 1.165) is 24.3 Å². The average Bonchev–Trinajstić information content (AvgIpc) is 3.20. The van der Waals surface area contributed by atoms with Crippen LogP contribution in [0.5, 0.6) is 0 Å². The predicted molar refractivity (Wildman–Crippen MR) is 92.8 cm³/mol. The molecule has 0 saturated heterocycles. The fourth-order valence-electron chi connectivity index (χ4n) is 2.99. The van der Waals surface area contributed by atoms with Gasteiger partial charge in [-0.05, 0) is 54.5 Å². The van der Waals surface area contributed by atoms with Crippen LogP contribution in [0.3, 0.4) is 0 Å². The maximum Gasteiger partial charge on any atom is 0.258 e. The minimum Gasteiger partial charge on any atom is -0.337 e. The Hall–Kier alpha value is -2.66. The second-order valence-corrected chi connectivity index (χ2v) is 5.90. The lowest BCUT2D eigenvalue weighted by Gasteiger charge is -2.17. The Bertz CT molecular complexity index is 924. The number of anilines is 1. The zero-order chi connectivity index (χ0) is 15.8. The number of H-pyrrole nitrogens is 1. The maximum atomic E-state index is 12.8. The van der Waals surface area contributed by atoms with Crippen LogP contribution in [-0.4, -0.2) is 22.0 Å². The van der Waals surface area contributed by atoms with Gasteiger partial charge in [-0.15, -0.1) is 0 Å². The summed E-state index contributed by atoms with van der Waals surface area (Å²) in [7, 11) is 0. The number of carbonyl (C=O) groups excluding carboxylic acids is 1. The molecule has 2 aromatic carbocycles. The highest BCUT2D eigenvalue weighted by molar-refractivity contribution is 7.71. The molecular formula is C18H15N3OS. The van der Waals surface area contributed by atoms with Crippen molar-refractivity contribution in [3.8, 4) is 5.69 Å². The highest BCUT2D eigenvalue weighted by Gasteiger charge is 2.24. The smallest absolute Gasteiger partial charge is 0.258 e. The van der Waals surface area contributed by atoms with E-state index < -0.39 is 0 Å². The van der Waals surface area contributed by atoms with Crippen molar-refractivity contribution < 1.29 is 4.79 Å². The third-order valence-corrected chi connectivity index (χ3v) is 4.49. The molecule has 0 radical (unpaired) electrons. The summed E-state index contributed by atoms with van der Waals surface area (Å²) >= 11 is 5.22. The van der Waals surface area contributed by atoms with Crippen LogP contribution in [0.15, 0.2) is 60.9 Å². The predicted octanol–water partition coefficient (Wildman–Crippen LogP) is 3.74. The highest BCUT2D eigenvalue weighted by atomic mass is 32.1. The average molecular weight is 321 g/mol. The van der Waals surface area contributed by atoms with Gasteiger partial charge in [0, 0.05) is 35.9 Å². The van der Waals surface area contributed by atoms with Crippen molar-refractivity contribution in [2.24, 2.45) is 0 Å². The van der Waals surface area contributed by atoms with Gasteiger partial charge in [-0.2, -0.15) is 0 Å². The summed E-state index contributed by atoms with van der Waals surface area (Å²) in [5.74, 6) is 0.0409. The zero-order valence-electron chi connectivity index (χ0n) is 12.4. The normalized spacial score (nSPS) is 13.1. The molecule has 4 nitrogen and oxygen atoms in total. The molecule has 23 heavy (non-hydrogen) atoms. The third-order valence-electron chi connectivity index (χ3n) is 4.17. The molecular weight excluding hydrogens is 306 g/mol. The summed E-state index contributed by atoms with van der Waals surface area (Å²) in [5, 5.41) is 0. The van der Waals surface area contributed by atoms with Gasteiger partial charge in [0.2, 0.25) is 0 Å². The number of nitrogens with one attached hydrogen (secondary N) is 1. The monoisotopic (exact) mass is 321 g/mol. The Kier molecular flexibility index (Phi) is 3.35. The molecule has 5 heteroatoms. The summed E-state index contributed by atoms with van der Waals surface area (Å²) in [4.78, 5) is 17.6. The van der Waals surface area contributed by atoms with E-state index in [1.54, 1.807) is 6.20 Å². The number of amides is 1. The molecule has 114 valence electrons. The SMILES string of the molecule is O=C(c1ccc(-n2cc[nH]c2=S)cc1)N1CCc2ccccc21. The van der Waals surface area contributed by atoms with Crippen molar-refractivity contribution in [3.05, 3.63) is 76.8 Å². The molecule has 0 aliphatic carbocycles. The van der Waals surface area contributed by atoms with Gasteiger partial charge < -0.3 is 9.88 Å². The van der Waals surface area contributed by atoms with Crippen LogP contribution < -0.4 is 4.90 Å². The first-order valence-corrected chi connectivity index (χ1v) is 7.91. The van der Waals surface area contributed by atoms with Crippen molar-refractivity contribution in [2.75, 3.05) is 11.4 Å². The summed E-state index contributed by atoms with van der Waals surface area (Å²) in [6, 6.07) is 15.6. The van der Waals surface area contributed by atoms with Gasteiger partial charge >= 0.3 is 0 Å². The second kappa shape index (κ2) is 5.52. The molecule has 2 heterocycles. The topological polar surface area (TPSA) is 41.0 Å². The quantitative estimate of drug-likeness (QED) is 0.731. The van der Waals surface area contributed by atoms with Crippen molar-refractivity contribution in [1.82, 2.24) is 9.55 Å². The summed E-state index contributed by atoms with van der Waals surface area (Å²) < 4.78 is 2.51. The number of nitrogens with zero attached hydrogens (tertiary/aromatic N) is 2. The number of benzene rings is 2. The molecule has 1 N–H and O–H groups in total. The first-order chi connectivity index (χ1) is 11.2. The first-order valence-electron chi connectivity index (χ1n) is 7.50. The van der Waals surface area contributed by atoms with Crippen molar-refractivity contribution in [1.29, 1.82) is 0 Å². The Morgan fingerprint density at radius 3 is 2.61 bits per heavy atom. The minimum atomic E-state index is 0.0409. The number of carbonyl (C=O) groups is 1. The van der Waals surface area contributed by atoms with Crippen LogP contribution in [-0.2, 0) is 6.42 Å². The van der Waals surface area contributed by atoms with Gasteiger partial charge in [-0.3, -0.25) is 9.36 Å². The molecule has 0 spiro atoms. The standard InChI is InChI=1S/C18H15N3OS/c22-17(21-11-9-13-3-1-2-4-16(13)21)14-5-7-15(8-6-14)20-12-10-19-18(20)23/h1-8,10,12H,9,11H2,(H,19,23). The molecule has 1 amide bonds. The van der Waals surface area contributed by atoms with Crippen LogP contribution >= 0.6 is 12.2 Å². The molecule has 0 unspecified atom stereocenters. The number of hydrogen-bond acceptors (Lipinski definition) is 2. The number of hydrogen-bond donors (Lipinski definition) is 1. The van der Waals surface area contributed by atoms with Crippen LogP contribution in [0.1, 0.15) is 15.9 Å². The Labute approximate surface area is 139 Å². The molecule has 3 aromatic rings. The van der Waals surface area contributed by atoms with Crippen LogP contribution in [0, 0.1) is 4.77 Å². The largest absolute Gasteiger partial charge is 0.337 e. The highest BCUT2D eigenvalue weighted by Crippen LogP contribution is 2.28. The van der Waals surface area contributed by atoms with Crippen LogP contribution in [0.4, 0.5) is 5.69 Å². The lowest BCUT2D eigenvalue weighted by molar-refractivity contribution is 0.0989. The number of aromatic nitrogens is 2. The van der Waals surface area contributed by atoms with E-state index >= 15 is 0 Å². The zero-order valence-corrected chi connectivity index (χ0v) is 13.2. The fourth-order valence-corrected chi connectivity index (χ4v) is 3.23. The number of aromatic amines is 1. The lowest BCUT2D eigenvalue weighted by atomic mass is 10.1.